The zero-order valence-corrected chi connectivity index (χ0v) is 12.5. The molecule has 2 unspecified atom stereocenters. The van der Waals surface area contributed by atoms with Gasteiger partial charge in [0, 0.05) is 0 Å². The standard InChI is InChI=1S/C16H20O5/c1-5-10(2)21-15(18)11(3)14(17)12-8-6-7-9-13(12)16(19)20-4/h6-10,14,17H,3,5H2,1-2,4H3. The van der Waals surface area contributed by atoms with Gasteiger partial charge in [0.1, 0.15) is 6.10 Å². The molecule has 0 saturated heterocycles. The van der Waals surface area contributed by atoms with Crippen molar-refractivity contribution in [3.05, 3.63) is 47.5 Å². The second kappa shape index (κ2) is 7.59. The number of ether oxygens (including phenoxy) is 2. The van der Waals surface area contributed by atoms with Crippen LogP contribution in [0.1, 0.15) is 42.3 Å². The molecule has 21 heavy (non-hydrogen) atoms. The molecule has 5 heteroatoms. The molecule has 1 aromatic rings. The van der Waals surface area contributed by atoms with E-state index in [1.165, 1.54) is 13.2 Å². The zero-order valence-electron chi connectivity index (χ0n) is 12.5. The molecule has 0 bridgehead atoms. The summed E-state index contributed by atoms with van der Waals surface area (Å²) in [6.07, 6.45) is -0.928. The summed E-state index contributed by atoms with van der Waals surface area (Å²) in [4.78, 5) is 23.6. The fourth-order valence-electron chi connectivity index (χ4n) is 1.67. The normalized spacial score (nSPS) is 13.1. The lowest BCUT2D eigenvalue weighted by molar-refractivity contribution is -0.144. The van der Waals surface area contributed by atoms with Crippen LogP contribution in [0, 0.1) is 0 Å². The van der Waals surface area contributed by atoms with Crippen LogP contribution in [0.5, 0.6) is 0 Å². The van der Waals surface area contributed by atoms with Gasteiger partial charge in [-0.05, 0) is 25.0 Å². The van der Waals surface area contributed by atoms with E-state index >= 15 is 0 Å². The summed E-state index contributed by atoms with van der Waals surface area (Å²) in [6.45, 7) is 7.20. The van der Waals surface area contributed by atoms with Crippen LogP contribution in [0.2, 0.25) is 0 Å². The van der Waals surface area contributed by atoms with Crippen LogP contribution in [0.4, 0.5) is 0 Å². The highest BCUT2D eigenvalue weighted by Gasteiger charge is 2.25. The number of carbonyl (C=O) groups is 2. The summed E-state index contributed by atoms with van der Waals surface area (Å²) in [5.74, 6) is -1.27. The monoisotopic (exact) mass is 292 g/mol. The molecule has 5 nitrogen and oxygen atoms in total. The fourth-order valence-corrected chi connectivity index (χ4v) is 1.67. The Kier molecular flexibility index (Phi) is 6.11. The first-order valence-corrected chi connectivity index (χ1v) is 6.67. The molecule has 1 rings (SSSR count). The Hall–Kier alpha value is -2.14. The number of benzene rings is 1. The lowest BCUT2D eigenvalue weighted by Gasteiger charge is -2.18. The Morgan fingerprint density at radius 3 is 2.52 bits per heavy atom. The Labute approximate surface area is 124 Å². The second-order valence-corrected chi connectivity index (χ2v) is 4.63. The number of methoxy groups -OCH3 is 1. The second-order valence-electron chi connectivity index (χ2n) is 4.63. The maximum absolute atomic E-state index is 11.9. The van der Waals surface area contributed by atoms with Crippen LogP contribution in [-0.4, -0.2) is 30.3 Å². The Morgan fingerprint density at radius 1 is 1.33 bits per heavy atom. The molecule has 0 spiro atoms. The van der Waals surface area contributed by atoms with Gasteiger partial charge in [-0.1, -0.05) is 31.7 Å². The van der Waals surface area contributed by atoms with Gasteiger partial charge in [-0.25, -0.2) is 9.59 Å². The predicted molar refractivity (Wildman–Crippen MR) is 77.7 cm³/mol. The summed E-state index contributed by atoms with van der Waals surface area (Å²) in [5.41, 5.74) is 0.326. The highest BCUT2D eigenvalue weighted by atomic mass is 16.5. The molecule has 0 saturated carbocycles. The lowest BCUT2D eigenvalue weighted by Crippen LogP contribution is -2.20. The molecule has 1 N–H and O–H groups in total. The first-order valence-electron chi connectivity index (χ1n) is 6.67. The number of aliphatic hydroxyl groups excluding tert-OH is 1. The summed E-state index contributed by atoms with van der Waals surface area (Å²) < 4.78 is 9.77. The summed E-state index contributed by atoms with van der Waals surface area (Å²) in [7, 11) is 1.25. The molecule has 1 aromatic carbocycles. The van der Waals surface area contributed by atoms with Crippen LogP contribution >= 0.6 is 0 Å². The molecule has 0 aromatic heterocycles. The zero-order chi connectivity index (χ0) is 16.0. The molecular formula is C16H20O5. The molecule has 2 atom stereocenters. The number of esters is 2. The molecule has 114 valence electrons. The van der Waals surface area contributed by atoms with E-state index < -0.39 is 18.0 Å². The van der Waals surface area contributed by atoms with Gasteiger partial charge in [0.25, 0.3) is 0 Å². The van der Waals surface area contributed by atoms with E-state index in [-0.39, 0.29) is 22.8 Å². The van der Waals surface area contributed by atoms with Crippen LogP contribution in [0.25, 0.3) is 0 Å². The Balaban J connectivity index is 2.98. The van der Waals surface area contributed by atoms with E-state index in [1.807, 2.05) is 6.92 Å². The van der Waals surface area contributed by atoms with Crippen molar-refractivity contribution < 1.29 is 24.2 Å². The number of rotatable bonds is 6. The van der Waals surface area contributed by atoms with Gasteiger partial charge < -0.3 is 14.6 Å². The highest BCUT2D eigenvalue weighted by Crippen LogP contribution is 2.25. The smallest absolute Gasteiger partial charge is 0.338 e. The van der Waals surface area contributed by atoms with E-state index in [4.69, 9.17) is 4.74 Å². The van der Waals surface area contributed by atoms with Crippen LogP contribution in [0.15, 0.2) is 36.4 Å². The fraction of sp³-hybridized carbons (Fsp3) is 0.375. The average Bonchev–Trinajstić information content (AvgIpc) is 2.52. The summed E-state index contributed by atoms with van der Waals surface area (Å²) >= 11 is 0. The van der Waals surface area contributed by atoms with Crippen molar-refractivity contribution in [3.63, 3.8) is 0 Å². The third kappa shape index (κ3) is 4.16. The van der Waals surface area contributed by atoms with Gasteiger partial charge >= 0.3 is 11.9 Å². The van der Waals surface area contributed by atoms with Gasteiger partial charge in [0.15, 0.2) is 0 Å². The van der Waals surface area contributed by atoms with Crippen molar-refractivity contribution in [2.24, 2.45) is 0 Å². The maximum atomic E-state index is 11.9. The predicted octanol–water partition coefficient (Wildman–Crippen LogP) is 2.40. The average molecular weight is 292 g/mol. The van der Waals surface area contributed by atoms with Crippen LogP contribution in [0.3, 0.4) is 0 Å². The topological polar surface area (TPSA) is 72.8 Å². The van der Waals surface area contributed by atoms with Crippen LogP contribution < -0.4 is 0 Å². The summed E-state index contributed by atoms with van der Waals surface area (Å²) in [5, 5.41) is 10.3. The number of hydrogen-bond donors (Lipinski definition) is 1. The van der Waals surface area contributed by atoms with Gasteiger partial charge in [0.2, 0.25) is 0 Å². The van der Waals surface area contributed by atoms with Crippen molar-refractivity contribution in [1.82, 2.24) is 0 Å². The Bertz CT molecular complexity index is 535. The molecule has 0 aliphatic carbocycles. The molecule has 0 radical (unpaired) electrons. The molecule has 0 aliphatic rings. The van der Waals surface area contributed by atoms with E-state index in [2.05, 4.69) is 11.3 Å². The van der Waals surface area contributed by atoms with Crippen molar-refractivity contribution in [1.29, 1.82) is 0 Å². The van der Waals surface area contributed by atoms with Gasteiger partial charge in [0.05, 0.1) is 24.4 Å². The van der Waals surface area contributed by atoms with Crippen molar-refractivity contribution >= 4 is 11.9 Å². The SMILES string of the molecule is C=C(C(=O)OC(C)CC)C(O)c1ccccc1C(=O)OC. The lowest BCUT2D eigenvalue weighted by atomic mass is 9.97. The van der Waals surface area contributed by atoms with E-state index in [0.717, 1.165) is 0 Å². The number of hydrogen-bond acceptors (Lipinski definition) is 5. The molecule has 0 fully saturated rings. The quantitative estimate of drug-likeness (QED) is 0.644. The van der Waals surface area contributed by atoms with Crippen LogP contribution in [-0.2, 0) is 14.3 Å². The largest absolute Gasteiger partial charge is 0.465 e. The first kappa shape index (κ1) is 16.9. The third-order valence-corrected chi connectivity index (χ3v) is 3.14. The van der Waals surface area contributed by atoms with Crippen molar-refractivity contribution in [2.75, 3.05) is 7.11 Å². The van der Waals surface area contributed by atoms with E-state index in [0.29, 0.717) is 6.42 Å². The van der Waals surface area contributed by atoms with E-state index in [1.54, 1.807) is 25.1 Å². The molecule has 0 heterocycles. The maximum Gasteiger partial charge on any atom is 0.338 e. The number of aliphatic hydroxyl groups is 1. The summed E-state index contributed by atoms with van der Waals surface area (Å²) in [6, 6.07) is 6.34. The number of carbonyl (C=O) groups excluding carboxylic acids is 2. The van der Waals surface area contributed by atoms with E-state index in [9.17, 15) is 14.7 Å². The minimum Gasteiger partial charge on any atom is -0.465 e. The van der Waals surface area contributed by atoms with Gasteiger partial charge in [-0.15, -0.1) is 0 Å². The molecule has 0 amide bonds. The highest BCUT2D eigenvalue weighted by molar-refractivity contribution is 5.93. The Morgan fingerprint density at radius 2 is 1.95 bits per heavy atom. The van der Waals surface area contributed by atoms with Crippen molar-refractivity contribution in [2.45, 2.75) is 32.5 Å². The van der Waals surface area contributed by atoms with Crippen molar-refractivity contribution in [3.8, 4) is 0 Å². The van der Waals surface area contributed by atoms with Gasteiger partial charge in [-0.2, -0.15) is 0 Å². The minimum absolute atomic E-state index is 0.119. The molecule has 0 aliphatic heterocycles. The van der Waals surface area contributed by atoms with Gasteiger partial charge in [-0.3, -0.25) is 0 Å². The molecular weight excluding hydrogens is 272 g/mol. The third-order valence-electron chi connectivity index (χ3n) is 3.14. The minimum atomic E-state index is -1.32. The first-order chi connectivity index (χ1) is 9.92.